The number of morpholine rings is 1. The molecule has 0 radical (unpaired) electrons. The van der Waals surface area contributed by atoms with Crippen LogP contribution in [-0.4, -0.2) is 25.8 Å². The predicted molar refractivity (Wildman–Crippen MR) is 51.3 cm³/mol. The van der Waals surface area contributed by atoms with Crippen LogP contribution < -0.4 is 5.32 Å². The SMILES string of the molecule is CCCC(C)(C)C1COCCN1. The number of hydrogen-bond donors (Lipinski definition) is 1. The Bertz CT molecular complexity index is 128. The van der Waals surface area contributed by atoms with Gasteiger partial charge in [0, 0.05) is 12.6 Å². The average molecular weight is 171 g/mol. The molecule has 1 heterocycles. The molecule has 1 aliphatic rings. The van der Waals surface area contributed by atoms with Gasteiger partial charge in [-0.15, -0.1) is 0 Å². The van der Waals surface area contributed by atoms with Crippen molar-refractivity contribution in [3.63, 3.8) is 0 Å². The van der Waals surface area contributed by atoms with Gasteiger partial charge in [0.25, 0.3) is 0 Å². The summed E-state index contributed by atoms with van der Waals surface area (Å²) in [6.07, 6.45) is 2.53. The molecule has 1 atom stereocenters. The molecule has 0 aromatic carbocycles. The third-order valence-electron chi connectivity index (χ3n) is 2.76. The van der Waals surface area contributed by atoms with Gasteiger partial charge in [-0.1, -0.05) is 27.2 Å². The lowest BCUT2D eigenvalue weighted by molar-refractivity contribution is 0.0304. The van der Waals surface area contributed by atoms with E-state index in [-0.39, 0.29) is 0 Å². The summed E-state index contributed by atoms with van der Waals surface area (Å²) in [6.45, 7) is 9.65. The van der Waals surface area contributed by atoms with E-state index in [9.17, 15) is 0 Å². The summed E-state index contributed by atoms with van der Waals surface area (Å²) in [6, 6.07) is 0.547. The Morgan fingerprint density at radius 2 is 2.25 bits per heavy atom. The Labute approximate surface area is 75.7 Å². The van der Waals surface area contributed by atoms with Crippen molar-refractivity contribution in [2.45, 2.75) is 39.7 Å². The van der Waals surface area contributed by atoms with E-state index in [2.05, 4.69) is 26.1 Å². The van der Waals surface area contributed by atoms with E-state index in [4.69, 9.17) is 4.74 Å². The molecular formula is C10H21NO. The van der Waals surface area contributed by atoms with Crippen molar-refractivity contribution in [2.24, 2.45) is 5.41 Å². The molecule has 2 heteroatoms. The lowest BCUT2D eigenvalue weighted by atomic mass is 9.80. The van der Waals surface area contributed by atoms with Crippen molar-refractivity contribution in [1.82, 2.24) is 5.32 Å². The molecule has 0 aromatic rings. The molecule has 1 aliphatic heterocycles. The second-order valence-corrected chi connectivity index (χ2v) is 4.32. The van der Waals surface area contributed by atoms with Crippen LogP contribution in [0.15, 0.2) is 0 Å². The van der Waals surface area contributed by atoms with Gasteiger partial charge in [-0.2, -0.15) is 0 Å². The minimum atomic E-state index is 0.384. The standard InChI is InChI=1S/C10H21NO/c1-4-5-10(2,3)9-8-12-7-6-11-9/h9,11H,4-8H2,1-3H3. The first kappa shape index (κ1) is 10.0. The molecule has 1 N–H and O–H groups in total. The molecule has 1 unspecified atom stereocenters. The number of ether oxygens (including phenoxy) is 1. The van der Waals surface area contributed by atoms with E-state index in [1.165, 1.54) is 12.8 Å². The van der Waals surface area contributed by atoms with Crippen LogP contribution in [0.3, 0.4) is 0 Å². The van der Waals surface area contributed by atoms with Gasteiger partial charge in [-0.3, -0.25) is 0 Å². The molecule has 0 spiro atoms. The first-order valence-corrected chi connectivity index (χ1v) is 4.98. The molecule has 1 fully saturated rings. The van der Waals surface area contributed by atoms with E-state index >= 15 is 0 Å². The molecule has 2 nitrogen and oxygen atoms in total. The fourth-order valence-corrected chi connectivity index (χ4v) is 1.89. The highest BCUT2D eigenvalue weighted by Crippen LogP contribution is 2.27. The zero-order valence-corrected chi connectivity index (χ0v) is 8.52. The predicted octanol–water partition coefficient (Wildman–Crippen LogP) is 1.80. The van der Waals surface area contributed by atoms with Crippen molar-refractivity contribution in [1.29, 1.82) is 0 Å². The van der Waals surface area contributed by atoms with Crippen LogP contribution in [0.25, 0.3) is 0 Å². The summed E-state index contributed by atoms with van der Waals surface area (Å²) in [5, 5.41) is 3.52. The van der Waals surface area contributed by atoms with Crippen molar-refractivity contribution in [3.8, 4) is 0 Å². The third-order valence-corrected chi connectivity index (χ3v) is 2.76. The van der Waals surface area contributed by atoms with Gasteiger partial charge < -0.3 is 10.1 Å². The van der Waals surface area contributed by atoms with Crippen LogP contribution in [-0.2, 0) is 4.74 Å². The van der Waals surface area contributed by atoms with E-state index in [0.29, 0.717) is 11.5 Å². The van der Waals surface area contributed by atoms with E-state index in [1.807, 2.05) is 0 Å². The van der Waals surface area contributed by atoms with Crippen molar-refractivity contribution >= 4 is 0 Å². The zero-order valence-electron chi connectivity index (χ0n) is 8.52. The Balaban J connectivity index is 2.41. The van der Waals surface area contributed by atoms with Gasteiger partial charge in [0.1, 0.15) is 0 Å². The normalized spacial score (nSPS) is 25.8. The molecule has 1 saturated heterocycles. The highest BCUT2D eigenvalue weighted by Gasteiger charge is 2.29. The van der Waals surface area contributed by atoms with Crippen LogP contribution in [0.4, 0.5) is 0 Å². The van der Waals surface area contributed by atoms with Crippen LogP contribution >= 0.6 is 0 Å². The highest BCUT2D eigenvalue weighted by atomic mass is 16.5. The zero-order chi connectivity index (χ0) is 9.03. The molecule has 72 valence electrons. The molecule has 0 amide bonds. The van der Waals surface area contributed by atoms with E-state index in [0.717, 1.165) is 19.8 Å². The molecular weight excluding hydrogens is 150 g/mol. The van der Waals surface area contributed by atoms with Crippen LogP contribution in [0.5, 0.6) is 0 Å². The fourth-order valence-electron chi connectivity index (χ4n) is 1.89. The van der Waals surface area contributed by atoms with Gasteiger partial charge >= 0.3 is 0 Å². The highest BCUT2D eigenvalue weighted by molar-refractivity contribution is 4.85. The summed E-state index contributed by atoms with van der Waals surface area (Å²) < 4.78 is 5.45. The fraction of sp³-hybridized carbons (Fsp3) is 1.00. The minimum absolute atomic E-state index is 0.384. The molecule has 0 aliphatic carbocycles. The molecule has 0 aromatic heterocycles. The van der Waals surface area contributed by atoms with Crippen molar-refractivity contribution < 1.29 is 4.74 Å². The maximum atomic E-state index is 5.45. The summed E-state index contributed by atoms with van der Waals surface area (Å²) in [5.41, 5.74) is 0.384. The Morgan fingerprint density at radius 1 is 1.50 bits per heavy atom. The van der Waals surface area contributed by atoms with Crippen LogP contribution in [0.1, 0.15) is 33.6 Å². The summed E-state index contributed by atoms with van der Waals surface area (Å²) in [7, 11) is 0. The maximum Gasteiger partial charge on any atom is 0.0625 e. The maximum absolute atomic E-state index is 5.45. The first-order chi connectivity index (χ1) is 5.67. The monoisotopic (exact) mass is 171 g/mol. The number of nitrogens with one attached hydrogen (secondary N) is 1. The number of hydrogen-bond acceptors (Lipinski definition) is 2. The Kier molecular flexibility index (Phi) is 3.53. The van der Waals surface area contributed by atoms with Gasteiger partial charge in [0.15, 0.2) is 0 Å². The van der Waals surface area contributed by atoms with Gasteiger partial charge in [0.05, 0.1) is 13.2 Å². The van der Waals surface area contributed by atoms with Gasteiger partial charge in [0.2, 0.25) is 0 Å². The van der Waals surface area contributed by atoms with Gasteiger partial charge in [-0.25, -0.2) is 0 Å². The van der Waals surface area contributed by atoms with Crippen molar-refractivity contribution in [3.05, 3.63) is 0 Å². The van der Waals surface area contributed by atoms with Crippen LogP contribution in [0.2, 0.25) is 0 Å². The number of rotatable bonds is 3. The van der Waals surface area contributed by atoms with Crippen molar-refractivity contribution in [2.75, 3.05) is 19.8 Å². The average Bonchev–Trinajstić information content (AvgIpc) is 2.06. The lowest BCUT2D eigenvalue weighted by Crippen LogP contribution is -2.50. The third kappa shape index (κ3) is 2.46. The van der Waals surface area contributed by atoms with Gasteiger partial charge in [-0.05, 0) is 11.8 Å². The topological polar surface area (TPSA) is 21.3 Å². The second-order valence-electron chi connectivity index (χ2n) is 4.32. The molecule has 1 rings (SSSR count). The summed E-state index contributed by atoms with van der Waals surface area (Å²) in [5.74, 6) is 0. The summed E-state index contributed by atoms with van der Waals surface area (Å²) >= 11 is 0. The largest absolute Gasteiger partial charge is 0.378 e. The lowest BCUT2D eigenvalue weighted by Gasteiger charge is -2.37. The molecule has 0 bridgehead atoms. The van der Waals surface area contributed by atoms with E-state index < -0.39 is 0 Å². The molecule has 0 saturated carbocycles. The quantitative estimate of drug-likeness (QED) is 0.699. The first-order valence-electron chi connectivity index (χ1n) is 4.98. The smallest absolute Gasteiger partial charge is 0.0625 e. The summed E-state index contributed by atoms with van der Waals surface area (Å²) in [4.78, 5) is 0. The molecule has 12 heavy (non-hydrogen) atoms. The Morgan fingerprint density at radius 3 is 2.75 bits per heavy atom. The van der Waals surface area contributed by atoms with Crippen LogP contribution in [0, 0.1) is 5.41 Å². The second kappa shape index (κ2) is 4.24. The van der Waals surface area contributed by atoms with E-state index in [1.54, 1.807) is 0 Å². The minimum Gasteiger partial charge on any atom is -0.378 e. The Hall–Kier alpha value is -0.0800.